The minimum atomic E-state index is -0.423. The summed E-state index contributed by atoms with van der Waals surface area (Å²) in [5.74, 6) is 0.387. The summed E-state index contributed by atoms with van der Waals surface area (Å²) >= 11 is 5.84. The van der Waals surface area contributed by atoms with Crippen LogP contribution in [0.3, 0.4) is 0 Å². The van der Waals surface area contributed by atoms with Crippen molar-refractivity contribution in [1.82, 2.24) is 15.2 Å². The first kappa shape index (κ1) is 14.8. The molecule has 22 heavy (non-hydrogen) atoms. The van der Waals surface area contributed by atoms with Crippen LogP contribution in [0.4, 0.5) is 10.4 Å². The fraction of sp³-hybridized carbons (Fsp3) is 0.333. The van der Waals surface area contributed by atoms with E-state index in [-0.39, 0.29) is 10.9 Å². The van der Waals surface area contributed by atoms with Crippen molar-refractivity contribution in [1.29, 1.82) is 0 Å². The Hall–Kier alpha value is -2.08. The van der Waals surface area contributed by atoms with Gasteiger partial charge in [-0.2, -0.15) is 0 Å². The fourth-order valence-electron chi connectivity index (χ4n) is 2.22. The zero-order chi connectivity index (χ0) is 15.7. The summed E-state index contributed by atoms with van der Waals surface area (Å²) < 4.78 is 18.9. The van der Waals surface area contributed by atoms with Gasteiger partial charge in [-0.15, -0.1) is 5.10 Å². The number of hydrogen-bond acceptors (Lipinski definition) is 4. The summed E-state index contributed by atoms with van der Waals surface area (Å²) in [6.07, 6.45) is 2.58. The number of hydrogen-bond donors (Lipinski definition) is 2. The lowest BCUT2D eigenvalue weighted by Gasteiger charge is -2.02. The number of anilines is 1. The predicted octanol–water partition coefficient (Wildman–Crippen LogP) is 4.12. The molecule has 116 valence electrons. The fourth-order valence-corrected chi connectivity index (χ4v) is 2.39. The van der Waals surface area contributed by atoms with Gasteiger partial charge in [-0.25, -0.2) is 4.39 Å². The highest BCUT2D eigenvalue weighted by atomic mass is 35.5. The summed E-state index contributed by atoms with van der Waals surface area (Å²) in [4.78, 5) is 3.05. The van der Waals surface area contributed by atoms with Crippen molar-refractivity contribution >= 4 is 28.5 Å². The maximum atomic E-state index is 13.4. The molecule has 1 aromatic carbocycles. The van der Waals surface area contributed by atoms with Gasteiger partial charge in [-0.05, 0) is 24.1 Å². The monoisotopic (exact) mass is 322 g/mol. The Morgan fingerprint density at radius 3 is 2.91 bits per heavy atom. The third-order valence-electron chi connectivity index (χ3n) is 3.41. The van der Waals surface area contributed by atoms with Crippen molar-refractivity contribution in [2.24, 2.45) is 0 Å². The van der Waals surface area contributed by atoms with E-state index in [9.17, 15) is 4.39 Å². The number of H-pyrrole nitrogens is 1. The molecule has 0 amide bonds. The van der Waals surface area contributed by atoms with Gasteiger partial charge in [0.2, 0.25) is 5.89 Å². The number of fused-ring (bicyclic) bond motifs is 1. The van der Waals surface area contributed by atoms with Gasteiger partial charge in [0.25, 0.3) is 0 Å². The van der Waals surface area contributed by atoms with Crippen LogP contribution in [-0.4, -0.2) is 21.7 Å². The minimum Gasteiger partial charge on any atom is -0.408 e. The summed E-state index contributed by atoms with van der Waals surface area (Å²) in [5, 5.41) is 12.0. The van der Waals surface area contributed by atoms with E-state index >= 15 is 0 Å². The Labute approximate surface area is 131 Å². The molecule has 2 N–H and O–H groups in total. The van der Waals surface area contributed by atoms with E-state index in [0.29, 0.717) is 18.5 Å². The first-order valence-corrected chi connectivity index (χ1v) is 7.44. The van der Waals surface area contributed by atoms with Crippen LogP contribution in [0.15, 0.2) is 22.7 Å². The van der Waals surface area contributed by atoms with E-state index in [4.69, 9.17) is 16.0 Å². The molecule has 3 rings (SSSR count). The van der Waals surface area contributed by atoms with Crippen molar-refractivity contribution in [2.75, 3.05) is 11.9 Å². The standard InChI is InChI=1S/C15H16ClFN4O/c1-8(2)14-20-21-15(22-14)18-4-3-9-7-19-13-6-12(17)11(16)5-10(9)13/h5-8,19H,3-4H2,1-2H3,(H,18,21). The molecular formula is C15H16ClFN4O. The highest BCUT2D eigenvalue weighted by Gasteiger charge is 2.10. The third kappa shape index (κ3) is 2.92. The normalized spacial score (nSPS) is 11.5. The van der Waals surface area contributed by atoms with Crippen LogP contribution < -0.4 is 5.32 Å². The maximum absolute atomic E-state index is 13.4. The zero-order valence-electron chi connectivity index (χ0n) is 12.3. The topological polar surface area (TPSA) is 66.7 Å². The van der Waals surface area contributed by atoms with Crippen molar-refractivity contribution in [2.45, 2.75) is 26.2 Å². The molecule has 0 bridgehead atoms. The van der Waals surface area contributed by atoms with Crippen molar-refractivity contribution in [3.05, 3.63) is 40.6 Å². The second-order valence-electron chi connectivity index (χ2n) is 5.40. The Bertz CT molecular complexity index is 796. The van der Waals surface area contributed by atoms with Gasteiger partial charge in [-0.3, -0.25) is 0 Å². The molecule has 2 aromatic heterocycles. The van der Waals surface area contributed by atoms with E-state index in [1.807, 2.05) is 20.0 Å². The number of aromatic amines is 1. The van der Waals surface area contributed by atoms with Gasteiger partial charge in [0, 0.05) is 29.6 Å². The van der Waals surface area contributed by atoms with E-state index in [2.05, 4.69) is 20.5 Å². The number of aromatic nitrogens is 3. The van der Waals surface area contributed by atoms with Crippen molar-refractivity contribution in [3.63, 3.8) is 0 Å². The van der Waals surface area contributed by atoms with Crippen LogP contribution in [0.1, 0.15) is 31.2 Å². The quantitative estimate of drug-likeness (QED) is 0.741. The van der Waals surface area contributed by atoms with E-state index in [1.54, 1.807) is 6.07 Å². The largest absolute Gasteiger partial charge is 0.408 e. The first-order valence-electron chi connectivity index (χ1n) is 7.07. The molecular weight excluding hydrogens is 307 g/mol. The van der Waals surface area contributed by atoms with Crippen LogP contribution in [-0.2, 0) is 6.42 Å². The molecule has 2 heterocycles. The highest BCUT2D eigenvalue weighted by molar-refractivity contribution is 6.31. The second kappa shape index (κ2) is 5.96. The summed E-state index contributed by atoms with van der Waals surface area (Å²) in [7, 11) is 0. The van der Waals surface area contributed by atoms with Crippen molar-refractivity contribution in [3.8, 4) is 0 Å². The molecule has 3 aromatic rings. The lowest BCUT2D eigenvalue weighted by Crippen LogP contribution is -2.04. The van der Waals surface area contributed by atoms with Gasteiger partial charge < -0.3 is 14.7 Å². The maximum Gasteiger partial charge on any atom is 0.315 e. The molecule has 0 aliphatic carbocycles. The Kier molecular flexibility index (Phi) is 4.02. The molecule has 0 atom stereocenters. The number of nitrogens with one attached hydrogen (secondary N) is 2. The lowest BCUT2D eigenvalue weighted by molar-refractivity contribution is 0.480. The number of rotatable bonds is 5. The third-order valence-corrected chi connectivity index (χ3v) is 3.70. The molecule has 0 spiro atoms. The molecule has 0 unspecified atom stereocenters. The first-order chi connectivity index (χ1) is 10.5. The van der Waals surface area contributed by atoms with Gasteiger partial charge >= 0.3 is 6.01 Å². The molecule has 0 aliphatic rings. The molecule has 0 saturated carbocycles. The molecule has 5 nitrogen and oxygen atoms in total. The number of halogens is 2. The van der Waals surface area contributed by atoms with Crippen LogP contribution in [0, 0.1) is 5.82 Å². The molecule has 0 aliphatic heterocycles. The predicted molar refractivity (Wildman–Crippen MR) is 83.8 cm³/mol. The van der Waals surface area contributed by atoms with E-state index in [0.717, 1.165) is 22.9 Å². The van der Waals surface area contributed by atoms with E-state index < -0.39 is 5.82 Å². The van der Waals surface area contributed by atoms with Gasteiger partial charge in [0.05, 0.1) is 5.02 Å². The van der Waals surface area contributed by atoms with Crippen LogP contribution in [0.5, 0.6) is 0 Å². The molecule has 0 radical (unpaired) electrons. The number of nitrogens with zero attached hydrogens (tertiary/aromatic N) is 2. The summed E-state index contributed by atoms with van der Waals surface area (Å²) in [5.41, 5.74) is 1.78. The number of benzene rings is 1. The highest BCUT2D eigenvalue weighted by Crippen LogP contribution is 2.25. The Morgan fingerprint density at radius 1 is 1.36 bits per heavy atom. The van der Waals surface area contributed by atoms with E-state index in [1.165, 1.54) is 6.07 Å². The summed E-state index contributed by atoms with van der Waals surface area (Å²) in [6.45, 7) is 4.61. The lowest BCUT2D eigenvalue weighted by atomic mass is 10.1. The average molecular weight is 323 g/mol. The average Bonchev–Trinajstić information content (AvgIpc) is 3.08. The van der Waals surface area contributed by atoms with Gasteiger partial charge in [0.15, 0.2) is 0 Å². The van der Waals surface area contributed by atoms with Gasteiger partial charge in [0.1, 0.15) is 5.82 Å². The SMILES string of the molecule is CC(C)c1nnc(NCCc2c[nH]c3cc(F)c(Cl)cc23)o1. The van der Waals surface area contributed by atoms with Crippen LogP contribution in [0.2, 0.25) is 5.02 Å². The van der Waals surface area contributed by atoms with Crippen molar-refractivity contribution < 1.29 is 8.81 Å². The molecule has 0 fully saturated rings. The minimum absolute atomic E-state index is 0.125. The smallest absolute Gasteiger partial charge is 0.315 e. The second-order valence-corrected chi connectivity index (χ2v) is 5.81. The molecule has 7 heteroatoms. The zero-order valence-corrected chi connectivity index (χ0v) is 13.0. The Morgan fingerprint density at radius 2 is 2.18 bits per heavy atom. The molecule has 0 saturated heterocycles. The van der Waals surface area contributed by atoms with Crippen LogP contribution >= 0.6 is 11.6 Å². The van der Waals surface area contributed by atoms with Gasteiger partial charge in [-0.1, -0.05) is 30.5 Å². The summed E-state index contributed by atoms with van der Waals surface area (Å²) in [6, 6.07) is 3.45. The Balaban J connectivity index is 1.67. The van der Waals surface area contributed by atoms with Crippen LogP contribution in [0.25, 0.3) is 10.9 Å².